The second-order valence-electron chi connectivity index (χ2n) is 7.88. The molecule has 0 unspecified atom stereocenters. The van der Waals surface area contributed by atoms with Crippen LogP contribution >= 0.6 is 0 Å². The van der Waals surface area contributed by atoms with Gasteiger partial charge in [-0.15, -0.1) is 0 Å². The summed E-state index contributed by atoms with van der Waals surface area (Å²) in [6.07, 6.45) is 3.69. The lowest BCUT2D eigenvalue weighted by atomic mass is 9.97. The minimum atomic E-state index is -0.0731. The van der Waals surface area contributed by atoms with E-state index < -0.39 is 0 Å². The number of hydrogen-bond acceptors (Lipinski definition) is 6. The van der Waals surface area contributed by atoms with Crippen molar-refractivity contribution >= 4 is 5.91 Å². The van der Waals surface area contributed by atoms with Gasteiger partial charge < -0.3 is 18.8 Å². The molecule has 2 saturated heterocycles. The Bertz CT molecular complexity index is 898. The number of furan rings is 1. The number of piperidine rings is 1. The van der Waals surface area contributed by atoms with E-state index in [0.29, 0.717) is 23.0 Å². The molecule has 1 atom stereocenters. The maximum Gasteiger partial charge on any atom is 0.289 e. The van der Waals surface area contributed by atoms with Crippen molar-refractivity contribution in [1.29, 1.82) is 5.26 Å². The molecule has 2 aliphatic heterocycles. The fraction of sp³-hybridized carbons (Fsp3) is 0.478. The third kappa shape index (κ3) is 5.02. The summed E-state index contributed by atoms with van der Waals surface area (Å²) in [6.45, 7) is 6.26. The van der Waals surface area contributed by atoms with Crippen LogP contribution in [-0.4, -0.2) is 61.6 Å². The summed E-state index contributed by atoms with van der Waals surface area (Å²) in [6, 6.07) is 10.8. The molecule has 1 aromatic carbocycles. The first kappa shape index (κ1) is 20.5. The number of likely N-dealkylation sites (tertiary alicyclic amines) is 1. The first-order chi connectivity index (χ1) is 14.7. The Balaban J connectivity index is 1.36. The van der Waals surface area contributed by atoms with E-state index in [9.17, 15) is 4.79 Å². The Morgan fingerprint density at radius 3 is 2.93 bits per heavy atom. The molecular weight excluding hydrogens is 382 g/mol. The molecule has 0 bridgehead atoms. The normalized spacial score (nSPS) is 20.0. The minimum absolute atomic E-state index is 0.0731. The summed E-state index contributed by atoms with van der Waals surface area (Å²) in [5.74, 6) is 1.34. The molecule has 7 heteroatoms. The molecule has 2 fully saturated rings. The van der Waals surface area contributed by atoms with Crippen LogP contribution in [0, 0.1) is 17.2 Å². The van der Waals surface area contributed by atoms with E-state index in [2.05, 4.69) is 11.0 Å². The maximum atomic E-state index is 13.1. The molecular formula is C23H27N3O4. The quantitative estimate of drug-likeness (QED) is 0.730. The van der Waals surface area contributed by atoms with Crippen LogP contribution in [0.1, 0.15) is 34.5 Å². The third-order valence-electron chi connectivity index (χ3n) is 5.72. The van der Waals surface area contributed by atoms with E-state index in [0.717, 1.165) is 64.3 Å². The number of rotatable bonds is 6. The SMILES string of the molecule is N#Cc1cccc(OCc2ccoc2C(=O)N2CCC[C@@H](CN3CCOCC3)C2)c1. The van der Waals surface area contributed by atoms with Gasteiger partial charge in [0.2, 0.25) is 0 Å². The zero-order valence-corrected chi connectivity index (χ0v) is 17.1. The maximum absolute atomic E-state index is 13.1. The third-order valence-corrected chi connectivity index (χ3v) is 5.72. The largest absolute Gasteiger partial charge is 0.489 e. The highest BCUT2D eigenvalue weighted by Crippen LogP contribution is 2.23. The van der Waals surface area contributed by atoms with Crippen LogP contribution in [0.3, 0.4) is 0 Å². The fourth-order valence-electron chi connectivity index (χ4n) is 4.14. The van der Waals surface area contributed by atoms with Crippen LogP contribution in [-0.2, 0) is 11.3 Å². The number of nitrogens with zero attached hydrogens (tertiary/aromatic N) is 3. The van der Waals surface area contributed by atoms with E-state index in [1.165, 1.54) is 6.26 Å². The van der Waals surface area contributed by atoms with Crippen LogP contribution in [0.2, 0.25) is 0 Å². The number of nitriles is 1. The summed E-state index contributed by atoms with van der Waals surface area (Å²) in [5.41, 5.74) is 1.26. The number of hydrogen-bond donors (Lipinski definition) is 0. The Morgan fingerprint density at radius 1 is 1.23 bits per heavy atom. The highest BCUT2D eigenvalue weighted by Gasteiger charge is 2.29. The monoisotopic (exact) mass is 409 g/mol. The lowest BCUT2D eigenvalue weighted by molar-refractivity contribution is 0.0219. The summed E-state index contributed by atoms with van der Waals surface area (Å²) < 4.78 is 16.8. The van der Waals surface area contributed by atoms with Crippen LogP contribution in [0.5, 0.6) is 5.75 Å². The molecule has 0 saturated carbocycles. The van der Waals surface area contributed by atoms with Crippen molar-refractivity contribution in [2.45, 2.75) is 19.4 Å². The van der Waals surface area contributed by atoms with Gasteiger partial charge in [0.1, 0.15) is 12.4 Å². The van der Waals surface area contributed by atoms with Crippen LogP contribution < -0.4 is 4.74 Å². The molecule has 0 radical (unpaired) electrons. The average molecular weight is 409 g/mol. The van der Waals surface area contributed by atoms with Crippen molar-refractivity contribution in [3.05, 3.63) is 53.5 Å². The van der Waals surface area contributed by atoms with Gasteiger partial charge in [0.15, 0.2) is 5.76 Å². The Labute approximate surface area is 176 Å². The van der Waals surface area contributed by atoms with Crippen molar-refractivity contribution < 1.29 is 18.7 Å². The molecule has 0 aliphatic carbocycles. The lowest BCUT2D eigenvalue weighted by Crippen LogP contribution is -2.46. The van der Waals surface area contributed by atoms with Crippen LogP contribution in [0.15, 0.2) is 41.0 Å². The average Bonchev–Trinajstić information content (AvgIpc) is 3.27. The van der Waals surface area contributed by atoms with E-state index in [1.807, 2.05) is 4.90 Å². The molecule has 1 amide bonds. The van der Waals surface area contributed by atoms with Gasteiger partial charge in [-0.05, 0) is 43.0 Å². The van der Waals surface area contributed by atoms with Gasteiger partial charge in [-0.1, -0.05) is 6.07 Å². The van der Waals surface area contributed by atoms with E-state index in [-0.39, 0.29) is 12.5 Å². The summed E-state index contributed by atoms with van der Waals surface area (Å²) >= 11 is 0. The summed E-state index contributed by atoms with van der Waals surface area (Å²) in [4.78, 5) is 17.5. The predicted molar refractivity (Wildman–Crippen MR) is 110 cm³/mol. The van der Waals surface area contributed by atoms with Crippen molar-refractivity contribution in [2.24, 2.45) is 5.92 Å². The summed E-state index contributed by atoms with van der Waals surface area (Å²) in [5, 5.41) is 9.02. The van der Waals surface area contributed by atoms with E-state index in [4.69, 9.17) is 19.2 Å². The zero-order chi connectivity index (χ0) is 20.8. The molecule has 2 aromatic rings. The molecule has 3 heterocycles. The zero-order valence-electron chi connectivity index (χ0n) is 17.1. The highest BCUT2D eigenvalue weighted by atomic mass is 16.5. The number of ether oxygens (including phenoxy) is 2. The van der Waals surface area contributed by atoms with Crippen molar-refractivity contribution in [3.63, 3.8) is 0 Å². The van der Waals surface area contributed by atoms with E-state index >= 15 is 0 Å². The number of amides is 1. The molecule has 30 heavy (non-hydrogen) atoms. The first-order valence-corrected chi connectivity index (χ1v) is 10.5. The minimum Gasteiger partial charge on any atom is -0.489 e. The van der Waals surface area contributed by atoms with Crippen molar-refractivity contribution in [3.8, 4) is 11.8 Å². The number of morpholine rings is 1. The Morgan fingerprint density at radius 2 is 2.10 bits per heavy atom. The molecule has 158 valence electrons. The standard InChI is InChI=1S/C23H27N3O4/c24-14-18-3-1-5-21(13-18)30-17-20-6-10-29-22(20)23(27)26-7-2-4-19(16-26)15-25-8-11-28-12-9-25/h1,3,5-6,10,13,19H,2,4,7-9,11-12,15-17H2/t19-/m0/s1. The first-order valence-electron chi connectivity index (χ1n) is 10.5. The lowest BCUT2D eigenvalue weighted by Gasteiger charge is -2.36. The van der Waals surface area contributed by atoms with Crippen LogP contribution in [0.4, 0.5) is 0 Å². The van der Waals surface area contributed by atoms with Crippen molar-refractivity contribution in [2.75, 3.05) is 45.9 Å². The number of carbonyl (C=O) groups excluding carboxylic acids is 1. The predicted octanol–water partition coefficient (Wildman–Crippen LogP) is 2.91. The highest BCUT2D eigenvalue weighted by molar-refractivity contribution is 5.93. The Hall–Kier alpha value is -2.82. The van der Waals surface area contributed by atoms with Gasteiger partial charge >= 0.3 is 0 Å². The Kier molecular flexibility index (Phi) is 6.67. The van der Waals surface area contributed by atoms with Gasteiger partial charge in [-0.2, -0.15) is 5.26 Å². The molecule has 7 nitrogen and oxygen atoms in total. The molecule has 2 aliphatic rings. The topological polar surface area (TPSA) is 78.9 Å². The molecule has 4 rings (SSSR count). The number of benzene rings is 1. The smallest absolute Gasteiger partial charge is 0.289 e. The van der Waals surface area contributed by atoms with Crippen molar-refractivity contribution in [1.82, 2.24) is 9.80 Å². The molecule has 0 N–H and O–H groups in total. The second-order valence-corrected chi connectivity index (χ2v) is 7.88. The van der Waals surface area contributed by atoms with Gasteiger partial charge in [-0.3, -0.25) is 9.69 Å². The molecule has 1 aromatic heterocycles. The van der Waals surface area contributed by atoms with Gasteiger partial charge in [0.05, 0.1) is 31.1 Å². The number of carbonyl (C=O) groups is 1. The van der Waals surface area contributed by atoms with Gasteiger partial charge in [0.25, 0.3) is 5.91 Å². The second kappa shape index (κ2) is 9.79. The van der Waals surface area contributed by atoms with E-state index in [1.54, 1.807) is 30.3 Å². The van der Waals surface area contributed by atoms with Gasteiger partial charge in [0, 0.05) is 38.3 Å². The van der Waals surface area contributed by atoms with Gasteiger partial charge in [-0.25, -0.2) is 0 Å². The molecule has 0 spiro atoms. The summed E-state index contributed by atoms with van der Waals surface area (Å²) in [7, 11) is 0. The van der Waals surface area contributed by atoms with Crippen LogP contribution in [0.25, 0.3) is 0 Å². The fourth-order valence-corrected chi connectivity index (χ4v) is 4.14.